The van der Waals surface area contributed by atoms with Crippen LogP contribution in [0.5, 0.6) is 0 Å². The van der Waals surface area contributed by atoms with Crippen LogP contribution in [0.3, 0.4) is 0 Å². The number of hydrogen-bond donors (Lipinski definition) is 2. The van der Waals surface area contributed by atoms with E-state index in [0.29, 0.717) is 25.1 Å². The largest absolute Gasteiger partial charge is 0.481 e. The van der Waals surface area contributed by atoms with E-state index >= 15 is 0 Å². The summed E-state index contributed by atoms with van der Waals surface area (Å²) in [6, 6.07) is 1.41. The molecule has 0 bridgehead atoms. The summed E-state index contributed by atoms with van der Waals surface area (Å²) in [6.45, 7) is 2.97. The molecule has 20 heavy (non-hydrogen) atoms. The molecule has 1 unspecified atom stereocenters. The van der Waals surface area contributed by atoms with Gasteiger partial charge in [-0.2, -0.15) is 0 Å². The highest BCUT2D eigenvalue weighted by molar-refractivity contribution is 5.79. The molecule has 1 aromatic heterocycles. The van der Waals surface area contributed by atoms with Crippen LogP contribution in [-0.4, -0.2) is 40.3 Å². The summed E-state index contributed by atoms with van der Waals surface area (Å²) in [5, 5.41) is 15.8. The van der Waals surface area contributed by atoms with Gasteiger partial charge in [-0.25, -0.2) is 4.79 Å². The van der Waals surface area contributed by atoms with Crippen molar-refractivity contribution in [1.29, 1.82) is 0 Å². The summed E-state index contributed by atoms with van der Waals surface area (Å²) in [5.74, 6) is -0.814. The standard InChI is InChI=1S/C13H19N3O4/c1-2-4-13(11(17)18)5-6-16(9-13)12(19)14-8-10-3-7-20-15-10/h3,7H,2,4-6,8-9H2,1H3,(H,14,19)(H,17,18). The summed E-state index contributed by atoms with van der Waals surface area (Å²) in [7, 11) is 0. The Kier molecular flexibility index (Phi) is 4.26. The van der Waals surface area contributed by atoms with Gasteiger partial charge in [0.25, 0.3) is 0 Å². The number of rotatable bonds is 5. The molecule has 0 aromatic carbocycles. The number of aliphatic carboxylic acids is 1. The van der Waals surface area contributed by atoms with E-state index < -0.39 is 11.4 Å². The Morgan fingerprint density at radius 3 is 3.00 bits per heavy atom. The van der Waals surface area contributed by atoms with Gasteiger partial charge in [-0.05, 0) is 12.8 Å². The van der Waals surface area contributed by atoms with Gasteiger partial charge in [0.05, 0.1) is 12.0 Å². The smallest absolute Gasteiger partial charge is 0.317 e. The highest BCUT2D eigenvalue weighted by atomic mass is 16.5. The Bertz CT molecular complexity index is 474. The third kappa shape index (κ3) is 2.92. The Morgan fingerprint density at radius 1 is 1.60 bits per heavy atom. The second kappa shape index (κ2) is 5.94. The molecule has 1 aliphatic rings. The number of carboxylic acids is 1. The second-order valence-electron chi connectivity index (χ2n) is 5.16. The van der Waals surface area contributed by atoms with Gasteiger partial charge in [-0.1, -0.05) is 18.5 Å². The summed E-state index contributed by atoms with van der Waals surface area (Å²) in [4.78, 5) is 25.0. The van der Waals surface area contributed by atoms with Crippen LogP contribution in [0.4, 0.5) is 4.79 Å². The summed E-state index contributed by atoms with van der Waals surface area (Å²) in [5.41, 5.74) is -0.157. The van der Waals surface area contributed by atoms with Crippen molar-refractivity contribution in [3.8, 4) is 0 Å². The van der Waals surface area contributed by atoms with Crippen molar-refractivity contribution in [2.24, 2.45) is 5.41 Å². The van der Waals surface area contributed by atoms with Gasteiger partial charge in [0, 0.05) is 19.2 Å². The van der Waals surface area contributed by atoms with E-state index in [2.05, 4.69) is 15.0 Å². The molecule has 7 heteroatoms. The number of carbonyl (C=O) groups is 2. The van der Waals surface area contributed by atoms with Crippen LogP contribution in [0.1, 0.15) is 31.9 Å². The zero-order valence-electron chi connectivity index (χ0n) is 11.5. The van der Waals surface area contributed by atoms with Crippen molar-refractivity contribution in [1.82, 2.24) is 15.4 Å². The summed E-state index contributed by atoms with van der Waals surface area (Å²) < 4.78 is 4.68. The lowest BCUT2D eigenvalue weighted by atomic mass is 9.83. The lowest BCUT2D eigenvalue weighted by Gasteiger charge is -2.24. The molecule has 2 rings (SSSR count). The number of carbonyl (C=O) groups excluding carboxylic acids is 1. The van der Waals surface area contributed by atoms with Gasteiger partial charge < -0.3 is 19.8 Å². The van der Waals surface area contributed by atoms with Crippen molar-refractivity contribution < 1.29 is 19.2 Å². The van der Waals surface area contributed by atoms with Crippen LogP contribution in [-0.2, 0) is 11.3 Å². The van der Waals surface area contributed by atoms with E-state index in [1.54, 1.807) is 11.0 Å². The molecule has 1 aromatic rings. The number of amides is 2. The number of aromatic nitrogens is 1. The third-order valence-corrected chi connectivity index (χ3v) is 3.74. The van der Waals surface area contributed by atoms with E-state index in [9.17, 15) is 14.7 Å². The molecule has 0 spiro atoms. The molecular formula is C13H19N3O4. The predicted octanol–water partition coefficient (Wildman–Crippen LogP) is 1.46. The monoisotopic (exact) mass is 281 g/mol. The number of carboxylic acid groups (broad SMARTS) is 1. The molecule has 7 nitrogen and oxygen atoms in total. The summed E-state index contributed by atoms with van der Waals surface area (Å²) >= 11 is 0. The van der Waals surface area contributed by atoms with Crippen molar-refractivity contribution in [2.75, 3.05) is 13.1 Å². The first-order valence-corrected chi connectivity index (χ1v) is 6.73. The maximum Gasteiger partial charge on any atom is 0.317 e. The lowest BCUT2D eigenvalue weighted by Crippen LogP contribution is -2.41. The van der Waals surface area contributed by atoms with Crippen LogP contribution in [0.25, 0.3) is 0 Å². The average Bonchev–Trinajstić information content (AvgIpc) is 3.06. The van der Waals surface area contributed by atoms with E-state index in [4.69, 9.17) is 0 Å². The van der Waals surface area contributed by atoms with Gasteiger partial charge in [0.2, 0.25) is 0 Å². The van der Waals surface area contributed by atoms with Gasteiger partial charge in [-0.15, -0.1) is 0 Å². The van der Waals surface area contributed by atoms with Crippen molar-refractivity contribution >= 4 is 12.0 Å². The average molecular weight is 281 g/mol. The molecule has 0 radical (unpaired) electrons. The van der Waals surface area contributed by atoms with Crippen LogP contribution in [0.2, 0.25) is 0 Å². The fourth-order valence-corrected chi connectivity index (χ4v) is 2.62. The highest BCUT2D eigenvalue weighted by Crippen LogP contribution is 2.35. The molecular weight excluding hydrogens is 262 g/mol. The Hall–Kier alpha value is -2.05. The predicted molar refractivity (Wildman–Crippen MR) is 69.9 cm³/mol. The van der Waals surface area contributed by atoms with Gasteiger partial charge in [0.15, 0.2) is 0 Å². The quantitative estimate of drug-likeness (QED) is 0.851. The van der Waals surface area contributed by atoms with Crippen LogP contribution in [0.15, 0.2) is 16.9 Å². The van der Waals surface area contributed by atoms with Gasteiger partial charge in [-0.3, -0.25) is 4.79 Å². The molecule has 2 heterocycles. The molecule has 0 saturated carbocycles. The zero-order chi connectivity index (χ0) is 14.6. The molecule has 2 N–H and O–H groups in total. The Labute approximate surface area is 116 Å². The lowest BCUT2D eigenvalue weighted by molar-refractivity contribution is -0.148. The summed E-state index contributed by atoms with van der Waals surface area (Å²) in [6.07, 6.45) is 3.33. The first-order valence-electron chi connectivity index (χ1n) is 6.73. The molecule has 1 fully saturated rings. The van der Waals surface area contributed by atoms with Gasteiger partial charge in [0.1, 0.15) is 12.0 Å². The molecule has 1 aliphatic heterocycles. The van der Waals surface area contributed by atoms with Crippen molar-refractivity contribution in [3.63, 3.8) is 0 Å². The van der Waals surface area contributed by atoms with Crippen molar-refractivity contribution in [3.05, 3.63) is 18.0 Å². The SMILES string of the molecule is CCCC1(C(=O)O)CCN(C(=O)NCc2ccon2)C1. The number of urea groups is 1. The van der Waals surface area contributed by atoms with Gasteiger partial charge >= 0.3 is 12.0 Å². The van der Waals surface area contributed by atoms with Crippen molar-refractivity contribution in [2.45, 2.75) is 32.7 Å². The number of nitrogens with one attached hydrogen (secondary N) is 1. The minimum absolute atomic E-state index is 0.257. The van der Waals surface area contributed by atoms with E-state index in [-0.39, 0.29) is 19.1 Å². The first kappa shape index (κ1) is 14.4. The first-order chi connectivity index (χ1) is 9.57. The minimum atomic E-state index is -0.814. The highest BCUT2D eigenvalue weighted by Gasteiger charge is 2.45. The number of nitrogens with zero attached hydrogens (tertiary/aromatic N) is 2. The third-order valence-electron chi connectivity index (χ3n) is 3.74. The Balaban J connectivity index is 1.90. The molecule has 1 atom stereocenters. The second-order valence-corrected chi connectivity index (χ2v) is 5.16. The maximum atomic E-state index is 12.0. The van der Waals surface area contributed by atoms with Crippen LogP contribution < -0.4 is 5.32 Å². The normalized spacial score (nSPS) is 21.9. The van der Waals surface area contributed by atoms with E-state index in [1.165, 1.54) is 6.26 Å². The van der Waals surface area contributed by atoms with Crippen LogP contribution in [0, 0.1) is 5.41 Å². The zero-order valence-corrected chi connectivity index (χ0v) is 11.5. The number of likely N-dealkylation sites (tertiary alicyclic amines) is 1. The van der Waals surface area contributed by atoms with E-state index in [1.807, 2.05) is 6.92 Å². The molecule has 0 aliphatic carbocycles. The van der Waals surface area contributed by atoms with Crippen LogP contribution >= 0.6 is 0 Å². The molecule has 2 amide bonds. The fourth-order valence-electron chi connectivity index (χ4n) is 2.62. The topological polar surface area (TPSA) is 95.7 Å². The maximum absolute atomic E-state index is 12.0. The number of hydrogen-bond acceptors (Lipinski definition) is 4. The Morgan fingerprint density at radius 2 is 2.40 bits per heavy atom. The van der Waals surface area contributed by atoms with E-state index in [0.717, 1.165) is 6.42 Å². The minimum Gasteiger partial charge on any atom is -0.481 e. The fraction of sp³-hybridized carbons (Fsp3) is 0.615. The molecule has 110 valence electrons. The molecule has 1 saturated heterocycles.